The number of rotatable bonds is 13. The van der Waals surface area contributed by atoms with Crippen molar-refractivity contribution in [1.29, 1.82) is 5.26 Å². The maximum absolute atomic E-state index is 10.2. The van der Waals surface area contributed by atoms with E-state index in [1.165, 1.54) is 11.1 Å². The Morgan fingerprint density at radius 3 is 2.25 bits per heavy atom. The van der Waals surface area contributed by atoms with E-state index in [1.54, 1.807) is 21.3 Å². The van der Waals surface area contributed by atoms with Gasteiger partial charge < -0.3 is 19.5 Å². The minimum atomic E-state index is -0.523. The third-order valence-corrected chi connectivity index (χ3v) is 6.33. The molecule has 2 rings (SSSR count). The van der Waals surface area contributed by atoms with E-state index in [-0.39, 0.29) is 5.92 Å². The second-order valence-corrected chi connectivity index (χ2v) is 8.41. The predicted molar refractivity (Wildman–Crippen MR) is 130 cm³/mol. The van der Waals surface area contributed by atoms with Crippen molar-refractivity contribution < 1.29 is 14.2 Å². The number of hydrogen-bond donors (Lipinski definition) is 1. The van der Waals surface area contributed by atoms with E-state index in [1.807, 2.05) is 12.1 Å². The van der Waals surface area contributed by atoms with Crippen LogP contribution in [0.2, 0.25) is 0 Å². The Balaban J connectivity index is 1.96. The largest absolute Gasteiger partial charge is 0.496 e. The van der Waals surface area contributed by atoms with E-state index < -0.39 is 5.41 Å². The van der Waals surface area contributed by atoms with Crippen LogP contribution in [0, 0.1) is 17.2 Å². The molecule has 1 atom stereocenters. The van der Waals surface area contributed by atoms with Crippen molar-refractivity contribution in [3.05, 3.63) is 53.1 Å². The van der Waals surface area contributed by atoms with Gasteiger partial charge in [0.2, 0.25) is 0 Å². The Bertz CT molecular complexity index is 904. The zero-order valence-electron chi connectivity index (χ0n) is 20.5. The van der Waals surface area contributed by atoms with Gasteiger partial charge in [-0.2, -0.15) is 5.26 Å². The molecule has 0 saturated carbocycles. The van der Waals surface area contributed by atoms with Gasteiger partial charge in [-0.3, -0.25) is 0 Å². The van der Waals surface area contributed by atoms with Gasteiger partial charge in [-0.05, 0) is 79.6 Å². The molecule has 0 aromatic heterocycles. The molecular weight excluding hydrogens is 400 g/mol. The van der Waals surface area contributed by atoms with Crippen molar-refractivity contribution in [2.75, 3.05) is 34.4 Å². The standard InChI is InChI=1S/C27H38N2O3/c1-7-22-10-11-23(18-25(22)31-5)27(19-28,20(2)3)14-8-15-29-16-13-21-9-12-24(30-4)26(17-21)32-6/h9-12,17-18,20,29H,7-8,13-16H2,1-6H3. The van der Waals surface area contributed by atoms with Gasteiger partial charge in [0.05, 0.1) is 32.8 Å². The third-order valence-electron chi connectivity index (χ3n) is 6.33. The first-order chi connectivity index (χ1) is 15.4. The number of nitrogens with one attached hydrogen (secondary N) is 1. The molecule has 0 spiro atoms. The minimum absolute atomic E-state index is 0.205. The molecule has 2 aromatic rings. The second kappa shape index (κ2) is 12.4. The highest BCUT2D eigenvalue weighted by molar-refractivity contribution is 5.44. The maximum Gasteiger partial charge on any atom is 0.160 e. The summed E-state index contributed by atoms with van der Waals surface area (Å²) >= 11 is 0. The quantitative estimate of drug-likeness (QED) is 0.430. The number of aryl methyl sites for hydroxylation is 1. The van der Waals surface area contributed by atoms with Crippen molar-refractivity contribution in [2.45, 2.75) is 51.9 Å². The third kappa shape index (κ3) is 5.95. The summed E-state index contributed by atoms with van der Waals surface area (Å²) in [7, 11) is 5.00. The first-order valence-electron chi connectivity index (χ1n) is 11.5. The molecule has 174 valence electrons. The van der Waals surface area contributed by atoms with E-state index in [9.17, 15) is 5.26 Å². The normalized spacial score (nSPS) is 12.8. The first-order valence-corrected chi connectivity index (χ1v) is 11.5. The van der Waals surface area contributed by atoms with Gasteiger partial charge >= 0.3 is 0 Å². The topological polar surface area (TPSA) is 63.5 Å². The van der Waals surface area contributed by atoms with E-state index in [4.69, 9.17) is 14.2 Å². The molecule has 0 heterocycles. The lowest BCUT2D eigenvalue weighted by Crippen LogP contribution is -2.32. The lowest BCUT2D eigenvalue weighted by atomic mass is 9.69. The maximum atomic E-state index is 10.2. The van der Waals surface area contributed by atoms with Crippen LogP contribution in [0.5, 0.6) is 17.2 Å². The van der Waals surface area contributed by atoms with E-state index in [0.717, 1.165) is 61.6 Å². The van der Waals surface area contributed by atoms with Crippen LogP contribution in [0.25, 0.3) is 0 Å². The van der Waals surface area contributed by atoms with Crippen LogP contribution in [0.1, 0.15) is 50.3 Å². The molecule has 0 aliphatic rings. The summed E-state index contributed by atoms with van der Waals surface area (Å²) in [5.41, 5.74) is 2.90. The summed E-state index contributed by atoms with van der Waals surface area (Å²) in [5.74, 6) is 2.58. The first kappa shape index (κ1) is 25.5. The van der Waals surface area contributed by atoms with Crippen LogP contribution in [0.15, 0.2) is 36.4 Å². The van der Waals surface area contributed by atoms with Crippen LogP contribution in [-0.2, 0) is 18.3 Å². The number of nitrogens with zero attached hydrogens (tertiary/aromatic N) is 1. The smallest absolute Gasteiger partial charge is 0.160 e. The molecule has 0 aliphatic heterocycles. The van der Waals surface area contributed by atoms with Crippen molar-refractivity contribution in [3.63, 3.8) is 0 Å². The van der Waals surface area contributed by atoms with Crippen LogP contribution < -0.4 is 19.5 Å². The Kier molecular flexibility index (Phi) is 9.87. The molecule has 0 amide bonds. The summed E-state index contributed by atoms with van der Waals surface area (Å²) in [5, 5.41) is 13.7. The molecular formula is C27H38N2O3. The van der Waals surface area contributed by atoms with Gasteiger partial charge in [0.1, 0.15) is 5.75 Å². The van der Waals surface area contributed by atoms with Gasteiger partial charge in [0.15, 0.2) is 11.5 Å². The van der Waals surface area contributed by atoms with Gasteiger partial charge in [-0.15, -0.1) is 0 Å². The van der Waals surface area contributed by atoms with Crippen LogP contribution in [0.4, 0.5) is 0 Å². The summed E-state index contributed by atoms with van der Waals surface area (Å²) in [6.07, 6.45) is 3.55. The summed E-state index contributed by atoms with van der Waals surface area (Å²) in [6.45, 7) is 8.12. The van der Waals surface area contributed by atoms with Crippen molar-refractivity contribution in [1.82, 2.24) is 5.32 Å². The highest BCUT2D eigenvalue weighted by Gasteiger charge is 2.36. The van der Waals surface area contributed by atoms with E-state index >= 15 is 0 Å². The molecule has 0 saturated heterocycles. The van der Waals surface area contributed by atoms with Crippen molar-refractivity contribution in [2.24, 2.45) is 5.92 Å². The number of hydrogen-bond acceptors (Lipinski definition) is 5. The van der Waals surface area contributed by atoms with Crippen molar-refractivity contribution in [3.8, 4) is 23.3 Å². The highest BCUT2D eigenvalue weighted by atomic mass is 16.5. The van der Waals surface area contributed by atoms with Gasteiger partial charge in [0.25, 0.3) is 0 Å². The number of nitriles is 1. The fourth-order valence-electron chi connectivity index (χ4n) is 4.22. The fourth-order valence-corrected chi connectivity index (χ4v) is 4.22. The Hall–Kier alpha value is -2.71. The highest BCUT2D eigenvalue weighted by Crippen LogP contribution is 2.38. The van der Waals surface area contributed by atoms with E-state index in [2.05, 4.69) is 56.4 Å². The average Bonchev–Trinajstić information content (AvgIpc) is 2.82. The number of methoxy groups -OCH3 is 3. The molecule has 0 bridgehead atoms. The molecule has 0 fully saturated rings. The molecule has 5 heteroatoms. The summed E-state index contributed by atoms with van der Waals surface area (Å²) < 4.78 is 16.3. The van der Waals surface area contributed by atoms with Gasteiger partial charge in [-0.1, -0.05) is 39.0 Å². The minimum Gasteiger partial charge on any atom is -0.496 e. The molecule has 5 nitrogen and oxygen atoms in total. The molecule has 0 radical (unpaired) electrons. The molecule has 0 aliphatic carbocycles. The van der Waals surface area contributed by atoms with Gasteiger partial charge in [0, 0.05) is 0 Å². The molecule has 1 N–H and O–H groups in total. The van der Waals surface area contributed by atoms with Crippen molar-refractivity contribution >= 4 is 0 Å². The second-order valence-electron chi connectivity index (χ2n) is 8.41. The van der Waals surface area contributed by atoms with Crippen LogP contribution >= 0.6 is 0 Å². The Morgan fingerprint density at radius 2 is 1.66 bits per heavy atom. The Morgan fingerprint density at radius 1 is 0.938 bits per heavy atom. The predicted octanol–water partition coefficient (Wildman–Crippen LogP) is 5.30. The molecule has 32 heavy (non-hydrogen) atoms. The Labute approximate surface area is 193 Å². The molecule has 2 aromatic carbocycles. The van der Waals surface area contributed by atoms with E-state index in [0.29, 0.717) is 0 Å². The lowest BCUT2D eigenvalue weighted by Gasteiger charge is -2.32. The monoisotopic (exact) mass is 438 g/mol. The number of ether oxygens (including phenoxy) is 3. The zero-order valence-corrected chi connectivity index (χ0v) is 20.5. The van der Waals surface area contributed by atoms with Gasteiger partial charge in [-0.25, -0.2) is 0 Å². The SMILES string of the molecule is CCc1ccc(C(C#N)(CCCNCCc2ccc(OC)c(OC)c2)C(C)C)cc1OC. The summed E-state index contributed by atoms with van der Waals surface area (Å²) in [4.78, 5) is 0. The number of benzene rings is 2. The fraction of sp³-hybridized carbons (Fsp3) is 0.519. The molecule has 1 unspecified atom stereocenters. The van der Waals surface area contributed by atoms with Crippen LogP contribution in [-0.4, -0.2) is 34.4 Å². The van der Waals surface area contributed by atoms with Crippen LogP contribution in [0.3, 0.4) is 0 Å². The summed E-state index contributed by atoms with van der Waals surface area (Å²) in [6, 6.07) is 14.9. The lowest BCUT2D eigenvalue weighted by molar-refractivity contribution is 0.352. The zero-order chi connectivity index (χ0) is 23.6. The average molecular weight is 439 g/mol.